The molecule has 0 saturated carbocycles. The lowest BCUT2D eigenvalue weighted by Crippen LogP contribution is -2.31. The molecular formula is C14H19NO3. The topological polar surface area (TPSA) is 56.3 Å². The van der Waals surface area contributed by atoms with E-state index in [2.05, 4.69) is 4.98 Å². The van der Waals surface area contributed by atoms with Crippen LogP contribution in [0.15, 0.2) is 18.5 Å². The number of rotatable bonds is 5. The lowest BCUT2D eigenvalue weighted by Gasteiger charge is -2.18. The molecule has 0 aromatic carbocycles. The Bertz CT molecular complexity index is 440. The predicted octanol–water partition coefficient (Wildman–Crippen LogP) is 2.41. The normalized spacial score (nSPS) is 12.3. The van der Waals surface area contributed by atoms with Crippen molar-refractivity contribution >= 4 is 11.8 Å². The summed E-state index contributed by atoms with van der Waals surface area (Å²) in [6.45, 7) is 7.51. The van der Waals surface area contributed by atoms with Gasteiger partial charge in [-0.15, -0.1) is 0 Å². The van der Waals surface area contributed by atoms with Crippen LogP contribution in [0.25, 0.3) is 0 Å². The van der Waals surface area contributed by atoms with E-state index >= 15 is 0 Å². The summed E-state index contributed by atoms with van der Waals surface area (Å²) in [6.07, 6.45) is 3.18. The molecule has 98 valence electrons. The van der Waals surface area contributed by atoms with Crippen molar-refractivity contribution in [2.24, 2.45) is 11.8 Å². The summed E-state index contributed by atoms with van der Waals surface area (Å²) in [5, 5.41) is 0. The third-order valence-corrected chi connectivity index (χ3v) is 2.78. The molecule has 0 amide bonds. The van der Waals surface area contributed by atoms with Crippen LogP contribution in [-0.2, 0) is 9.53 Å². The first kappa shape index (κ1) is 14.4. The summed E-state index contributed by atoms with van der Waals surface area (Å²) in [4.78, 5) is 28.2. The van der Waals surface area contributed by atoms with Crippen molar-refractivity contribution < 1.29 is 14.3 Å². The van der Waals surface area contributed by atoms with Gasteiger partial charge in [-0.25, -0.2) is 0 Å². The van der Waals surface area contributed by atoms with Crippen LogP contribution in [0.1, 0.15) is 36.7 Å². The molecule has 1 aromatic heterocycles. The zero-order valence-corrected chi connectivity index (χ0v) is 11.3. The van der Waals surface area contributed by atoms with Gasteiger partial charge in [0, 0.05) is 18.0 Å². The van der Waals surface area contributed by atoms with Crippen molar-refractivity contribution in [2.45, 2.75) is 27.7 Å². The zero-order chi connectivity index (χ0) is 13.7. The van der Waals surface area contributed by atoms with Gasteiger partial charge in [0.05, 0.1) is 6.61 Å². The van der Waals surface area contributed by atoms with Gasteiger partial charge in [-0.05, 0) is 31.4 Å². The van der Waals surface area contributed by atoms with Gasteiger partial charge in [-0.1, -0.05) is 13.8 Å². The zero-order valence-electron chi connectivity index (χ0n) is 11.3. The molecule has 4 heteroatoms. The molecule has 0 N–H and O–H groups in total. The van der Waals surface area contributed by atoms with Gasteiger partial charge in [0.1, 0.15) is 5.92 Å². The summed E-state index contributed by atoms with van der Waals surface area (Å²) >= 11 is 0. The van der Waals surface area contributed by atoms with E-state index in [1.54, 1.807) is 25.4 Å². The molecule has 0 radical (unpaired) electrons. The second-order valence-corrected chi connectivity index (χ2v) is 4.53. The Morgan fingerprint density at radius 2 is 2.06 bits per heavy atom. The van der Waals surface area contributed by atoms with E-state index in [0.29, 0.717) is 5.56 Å². The maximum absolute atomic E-state index is 12.4. The second-order valence-electron chi connectivity index (χ2n) is 4.53. The number of aromatic nitrogens is 1. The molecule has 0 spiro atoms. The van der Waals surface area contributed by atoms with Gasteiger partial charge >= 0.3 is 5.97 Å². The molecule has 1 rings (SSSR count). The number of esters is 1. The summed E-state index contributed by atoms with van der Waals surface area (Å²) < 4.78 is 4.97. The Hall–Kier alpha value is -1.71. The van der Waals surface area contributed by atoms with Gasteiger partial charge in [0.25, 0.3) is 0 Å². The Morgan fingerprint density at radius 1 is 1.39 bits per heavy atom. The molecule has 1 atom stereocenters. The molecule has 4 nitrogen and oxygen atoms in total. The van der Waals surface area contributed by atoms with Gasteiger partial charge in [0.15, 0.2) is 5.78 Å². The number of Topliss-reactive ketones (excluding diaryl/α,β-unsaturated/α-hetero) is 1. The van der Waals surface area contributed by atoms with Gasteiger partial charge in [0.2, 0.25) is 0 Å². The minimum atomic E-state index is -0.744. The number of ketones is 1. The Morgan fingerprint density at radius 3 is 2.56 bits per heavy atom. The van der Waals surface area contributed by atoms with Gasteiger partial charge in [-0.3, -0.25) is 14.6 Å². The Balaban J connectivity index is 3.04. The molecule has 0 aliphatic rings. The third kappa shape index (κ3) is 3.15. The number of ether oxygens (including phenoxy) is 1. The first-order chi connectivity index (χ1) is 8.49. The lowest BCUT2D eigenvalue weighted by molar-refractivity contribution is -0.147. The summed E-state index contributed by atoms with van der Waals surface area (Å²) in [5.41, 5.74) is 1.31. The van der Waals surface area contributed by atoms with E-state index in [1.165, 1.54) is 0 Å². The highest BCUT2D eigenvalue weighted by Gasteiger charge is 2.32. The first-order valence-electron chi connectivity index (χ1n) is 6.10. The summed E-state index contributed by atoms with van der Waals surface area (Å²) in [6, 6.07) is 1.65. The molecule has 0 fully saturated rings. The average molecular weight is 249 g/mol. The molecule has 1 aromatic rings. The van der Waals surface area contributed by atoms with Crippen molar-refractivity contribution in [3.8, 4) is 0 Å². The Labute approximate surface area is 107 Å². The number of pyridine rings is 1. The number of carbonyl (C=O) groups excluding carboxylic acids is 2. The maximum Gasteiger partial charge on any atom is 0.317 e. The van der Waals surface area contributed by atoms with Crippen LogP contribution in [0.2, 0.25) is 0 Å². The monoisotopic (exact) mass is 249 g/mol. The van der Waals surface area contributed by atoms with Crippen LogP contribution in [0.4, 0.5) is 0 Å². The molecular weight excluding hydrogens is 230 g/mol. The first-order valence-corrected chi connectivity index (χ1v) is 6.10. The van der Waals surface area contributed by atoms with Crippen molar-refractivity contribution in [3.63, 3.8) is 0 Å². The third-order valence-electron chi connectivity index (χ3n) is 2.78. The van der Waals surface area contributed by atoms with Crippen LogP contribution in [0.3, 0.4) is 0 Å². The van der Waals surface area contributed by atoms with E-state index < -0.39 is 11.9 Å². The quantitative estimate of drug-likeness (QED) is 0.457. The van der Waals surface area contributed by atoms with E-state index in [9.17, 15) is 9.59 Å². The minimum absolute atomic E-state index is 0.0934. The molecule has 1 unspecified atom stereocenters. The number of hydrogen-bond donors (Lipinski definition) is 0. The highest BCUT2D eigenvalue weighted by molar-refractivity contribution is 6.09. The number of carbonyl (C=O) groups is 2. The number of nitrogens with zero attached hydrogens (tertiary/aromatic N) is 1. The van der Waals surface area contributed by atoms with E-state index in [-0.39, 0.29) is 18.3 Å². The molecule has 0 aliphatic carbocycles. The minimum Gasteiger partial charge on any atom is -0.465 e. The lowest BCUT2D eigenvalue weighted by atomic mass is 9.87. The smallest absolute Gasteiger partial charge is 0.317 e. The van der Waals surface area contributed by atoms with Crippen LogP contribution >= 0.6 is 0 Å². The van der Waals surface area contributed by atoms with Gasteiger partial charge in [-0.2, -0.15) is 0 Å². The SMILES string of the molecule is CCOC(=O)C(C(=O)c1ccncc1C)C(C)C. The summed E-state index contributed by atoms with van der Waals surface area (Å²) in [7, 11) is 0. The van der Waals surface area contributed by atoms with Crippen molar-refractivity contribution in [1.29, 1.82) is 0 Å². The second kappa shape index (κ2) is 6.28. The number of aryl methyl sites for hydroxylation is 1. The van der Waals surface area contributed by atoms with E-state index in [0.717, 1.165) is 5.56 Å². The van der Waals surface area contributed by atoms with Crippen LogP contribution in [0, 0.1) is 18.8 Å². The van der Waals surface area contributed by atoms with E-state index in [4.69, 9.17) is 4.74 Å². The largest absolute Gasteiger partial charge is 0.465 e. The maximum atomic E-state index is 12.4. The fourth-order valence-electron chi connectivity index (χ4n) is 1.83. The van der Waals surface area contributed by atoms with Crippen LogP contribution in [-0.4, -0.2) is 23.3 Å². The van der Waals surface area contributed by atoms with Crippen molar-refractivity contribution in [3.05, 3.63) is 29.6 Å². The predicted molar refractivity (Wildman–Crippen MR) is 68.3 cm³/mol. The fourth-order valence-corrected chi connectivity index (χ4v) is 1.83. The highest BCUT2D eigenvalue weighted by atomic mass is 16.5. The molecule has 18 heavy (non-hydrogen) atoms. The average Bonchev–Trinajstić information content (AvgIpc) is 2.29. The van der Waals surface area contributed by atoms with Crippen molar-refractivity contribution in [1.82, 2.24) is 4.98 Å². The molecule has 0 bridgehead atoms. The molecule has 0 aliphatic heterocycles. The standard InChI is InChI=1S/C14H19NO3/c1-5-18-14(17)12(9(2)3)13(16)11-6-7-15-8-10(11)4/h6-9,12H,5H2,1-4H3. The Kier molecular flexibility index (Phi) is 5.01. The molecule has 1 heterocycles. The van der Waals surface area contributed by atoms with Crippen LogP contribution < -0.4 is 0 Å². The van der Waals surface area contributed by atoms with Gasteiger partial charge < -0.3 is 4.74 Å². The number of hydrogen-bond acceptors (Lipinski definition) is 4. The van der Waals surface area contributed by atoms with E-state index in [1.807, 2.05) is 20.8 Å². The fraction of sp³-hybridized carbons (Fsp3) is 0.500. The summed E-state index contributed by atoms with van der Waals surface area (Å²) in [5.74, 6) is -1.48. The highest BCUT2D eigenvalue weighted by Crippen LogP contribution is 2.20. The van der Waals surface area contributed by atoms with Crippen molar-refractivity contribution in [2.75, 3.05) is 6.61 Å². The van der Waals surface area contributed by atoms with Crippen LogP contribution in [0.5, 0.6) is 0 Å². The molecule has 0 saturated heterocycles.